The Morgan fingerprint density at radius 3 is 2.38 bits per heavy atom. The van der Waals surface area contributed by atoms with Crippen LogP contribution in [0.15, 0.2) is 24.3 Å². The van der Waals surface area contributed by atoms with Crippen molar-refractivity contribution in [3.05, 3.63) is 24.3 Å². The highest BCUT2D eigenvalue weighted by Crippen LogP contribution is 2.28. The predicted molar refractivity (Wildman–Crippen MR) is 86.8 cm³/mol. The van der Waals surface area contributed by atoms with Gasteiger partial charge in [-0.25, -0.2) is 0 Å². The number of nitrogens with zero attached hydrogens (tertiary/aromatic N) is 1. The number of benzene rings is 1. The Morgan fingerprint density at radius 2 is 1.86 bits per heavy atom. The van der Waals surface area contributed by atoms with E-state index in [9.17, 15) is 4.79 Å². The summed E-state index contributed by atoms with van der Waals surface area (Å²) >= 11 is 0. The highest BCUT2D eigenvalue weighted by Gasteiger charge is 2.30. The Balaban J connectivity index is 2.10. The first-order valence-electron chi connectivity index (χ1n) is 7.47. The smallest absolute Gasteiger partial charge is 0.229 e. The van der Waals surface area contributed by atoms with Gasteiger partial charge in [-0.15, -0.1) is 0 Å². The van der Waals surface area contributed by atoms with Gasteiger partial charge in [0.1, 0.15) is 0 Å². The molecule has 0 unspecified atom stereocenters. The maximum atomic E-state index is 12.0. The quantitative estimate of drug-likeness (QED) is 0.908. The topological polar surface area (TPSA) is 41.6 Å². The molecule has 0 bridgehead atoms. The maximum absolute atomic E-state index is 12.0. The molecule has 0 aromatic heterocycles. The van der Waals surface area contributed by atoms with Crippen LogP contribution in [0.3, 0.4) is 0 Å². The average Bonchev–Trinajstić information content (AvgIpc) is 2.38. The second kappa shape index (κ2) is 5.68. The van der Waals surface area contributed by atoms with Gasteiger partial charge in [0.25, 0.3) is 0 Å². The summed E-state index contributed by atoms with van der Waals surface area (Å²) in [6.07, 6.45) is 0. The molecule has 1 aliphatic rings. The van der Waals surface area contributed by atoms with E-state index < -0.39 is 0 Å². The summed E-state index contributed by atoms with van der Waals surface area (Å²) in [6, 6.07) is 8.05. The van der Waals surface area contributed by atoms with Gasteiger partial charge in [0.05, 0.1) is 18.8 Å². The summed E-state index contributed by atoms with van der Waals surface area (Å²) in [4.78, 5) is 14.3. The van der Waals surface area contributed by atoms with Gasteiger partial charge in [0, 0.05) is 23.3 Å². The van der Waals surface area contributed by atoms with Gasteiger partial charge in [0.15, 0.2) is 0 Å². The lowest BCUT2D eigenvalue weighted by atomic mass is 9.95. The zero-order valence-electron chi connectivity index (χ0n) is 13.7. The molecule has 1 aromatic rings. The molecular weight excluding hydrogens is 264 g/mol. The normalized spacial score (nSPS) is 18.4. The minimum Gasteiger partial charge on any atom is -0.377 e. The SMILES string of the molecule is CC(C)(C)C(=O)Nc1ccc(N2CCOCC2(C)C)cc1. The summed E-state index contributed by atoms with van der Waals surface area (Å²) in [5.41, 5.74) is 1.61. The van der Waals surface area contributed by atoms with E-state index in [-0.39, 0.29) is 16.9 Å². The molecular formula is C17H26N2O2. The van der Waals surface area contributed by atoms with Crippen LogP contribution in [0.2, 0.25) is 0 Å². The Morgan fingerprint density at radius 1 is 1.24 bits per heavy atom. The van der Waals surface area contributed by atoms with Crippen LogP contribution in [0.5, 0.6) is 0 Å². The maximum Gasteiger partial charge on any atom is 0.229 e. The van der Waals surface area contributed by atoms with E-state index in [0.717, 1.165) is 31.1 Å². The van der Waals surface area contributed by atoms with E-state index >= 15 is 0 Å². The molecule has 4 nitrogen and oxygen atoms in total. The second-order valence-electron chi connectivity index (χ2n) is 7.27. The molecule has 0 atom stereocenters. The highest BCUT2D eigenvalue weighted by atomic mass is 16.5. The van der Waals surface area contributed by atoms with Gasteiger partial charge in [-0.3, -0.25) is 4.79 Å². The standard InChI is InChI=1S/C17H26N2O2/c1-16(2,3)15(20)18-13-6-8-14(9-7-13)19-10-11-21-12-17(19,4)5/h6-9H,10-12H2,1-5H3,(H,18,20). The summed E-state index contributed by atoms with van der Waals surface area (Å²) in [6.45, 7) is 12.5. The van der Waals surface area contributed by atoms with E-state index in [2.05, 4.69) is 36.2 Å². The zero-order valence-corrected chi connectivity index (χ0v) is 13.7. The molecule has 4 heteroatoms. The third-order valence-electron chi connectivity index (χ3n) is 3.76. The third kappa shape index (κ3) is 3.76. The van der Waals surface area contributed by atoms with Gasteiger partial charge in [-0.05, 0) is 38.1 Å². The van der Waals surface area contributed by atoms with Crippen LogP contribution in [0.25, 0.3) is 0 Å². The molecule has 0 spiro atoms. The molecule has 0 radical (unpaired) electrons. The van der Waals surface area contributed by atoms with Gasteiger partial charge in [-0.1, -0.05) is 20.8 Å². The van der Waals surface area contributed by atoms with Crippen molar-refractivity contribution in [1.29, 1.82) is 0 Å². The molecule has 1 aromatic carbocycles. The second-order valence-corrected chi connectivity index (χ2v) is 7.27. The minimum absolute atomic E-state index is 0.00553. The monoisotopic (exact) mass is 290 g/mol. The number of nitrogens with one attached hydrogen (secondary N) is 1. The summed E-state index contributed by atoms with van der Waals surface area (Å²) < 4.78 is 5.55. The molecule has 1 fully saturated rings. The van der Waals surface area contributed by atoms with Crippen LogP contribution in [0, 0.1) is 5.41 Å². The van der Waals surface area contributed by atoms with Crippen molar-refractivity contribution < 1.29 is 9.53 Å². The third-order valence-corrected chi connectivity index (χ3v) is 3.76. The molecule has 1 aliphatic heterocycles. The van der Waals surface area contributed by atoms with Crippen LogP contribution >= 0.6 is 0 Å². The largest absolute Gasteiger partial charge is 0.377 e. The number of rotatable bonds is 2. The van der Waals surface area contributed by atoms with Gasteiger partial charge < -0.3 is 15.0 Å². The summed E-state index contributed by atoms with van der Waals surface area (Å²) in [5, 5.41) is 2.95. The fourth-order valence-electron chi connectivity index (χ4n) is 2.38. The minimum atomic E-state index is -0.384. The Kier molecular flexibility index (Phi) is 4.28. The Hall–Kier alpha value is -1.55. The molecule has 1 N–H and O–H groups in total. The first-order chi connectivity index (χ1) is 9.70. The van der Waals surface area contributed by atoms with E-state index in [4.69, 9.17) is 4.74 Å². The van der Waals surface area contributed by atoms with E-state index in [0.29, 0.717) is 0 Å². The van der Waals surface area contributed by atoms with Crippen molar-refractivity contribution in [2.45, 2.75) is 40.2 Å². The molecule has 0 saturated carbocycles. The van der Waals surface area contributed by atoms with Crippen molar-refractivity contribution in [1.82, 2.24) is 0 Å². The number of carbonyl (C=O) groups is 1. The summed E-state index contributed by atoms with van der Waals surface area (Å²) in [7, 11) is 0. The van der Waals surface area contributed by atoms with Crippen molar-refractivity contribution in [3.63, 3.8) is 0 Å². The molecule has 2 rings (SSSR count). The predicted octanol–water partition coefficient (Wildman–Crippen LogP) is 3.29. The number of hydrogen-bond acceptors (Lipinski definition) is 3. The molecule has 1 amide bonds. The van der Waals surface area contributed by atoms with Crippen LogP contribution < -0.4 is 10.2 Å². The van der Waals surface area contributed by atoms with E-state index in [1.165, 1.54) is 0 Å². The molecule has 1 saturated heterocycles. The lowest BCUT2D eigenvalue weighted by Gasteiger charge is -2.43. The van der Waals surface area contributed by atoms with E-state index in [1.807, 2.05) is 32.9 Å². The Bertz CT molecular complexity index is 501. The number of morpholine rings is 1. The van der Waals surface area contributed by atoms with Crippen LogP contribution in [0.1, 0.15) is 34.6 Å². The fraction of sp³-hybridized carbons (Fsp3) is 0.588. The van der Waals surface area contributed by atoms with Crippen molar-refractivity contribution >= 4 is 17.3 Å². The number of anilines is 2. The number of ether oxygens (including phenoxy) is 1. The first-order valence-corrected chi connectivity index (χ1v) is 7.47. The molecule has 1 heterocycles. The summed E-state index contributed by atoms with van der Waals surface area (Å²) in [5.74, 6) is 0.0296. The average molecular weight is 290 g/mol. The van der Waals surface area contributed by atoms with Crippen molar-refractivity contribution in [2.24, 2.45) is 5.41 Å². The fourth-order valence-corrected chi connectivity index (χ4v) is 2.38. The highest BCUT2D eigenvalue weighted by molar-refractivity contribution is 5.94. The molecule has 116 valence electrons. The lowest BCUT2D eigenvalue weighted by molar-refractivity contribution is -0.123. The van der Waals surface area contributed by atoms with Crippen LogP contribution in [-0.2, 0) is 9.53 Å². The number of carbonyl (C=O) groups excluding carboxylic acids is 1. The Labute approximate surface area is 127 Å². The molecule has 21 heavy (non-hydrogen) atoms. The zero-order chi connectivity index (χ0) is 15.7. The van der Waals surface area contributed by atoms with E-state index in [1.54, 1.807) is 0 Å². The van der Waals surface area contributed by atoms with Gasteiger partial charge >= 0.3 is 0 Å². The number of hydrogen-bond donors (Lipinski definition) is 1. The number of amides is 1. The van der Waals surface area contributed by atoms with Crippen molar-refractivity contribution in [2.75, 3.05) is 30.0 Å². The van der Waals surface area contributed by atoms with Crippen LogP contribution in [-0.4, -0.2) is 31.2 Å². The first kappa shape index (κ1) is 15.8. The molecule has 0 aliphatic carbocycles. The van der Waals surface area contributed by atoms with Gasteiger partial charge in [0.2, 0.25) is 5.91 Å². The van der Waals surface area contributed by atoms with Crippen LogP contribution in [0.4, 0.5) is 11.4 Å². The lowest BCUT2D eigenvalue weighted by Crippen LogP contribution is -2.53. The van der Waals surface area contributed by atoms with Gasteiger partial charge in [-0.2, -0.15) is 0 Å². The van der Waals surface area contributed by atoms with Crippen molar-refractivity contribution in [3.8, 4) is 0 Å².